The second-order valence-electron chi connectivity index (χ2n) is 7.59. The van der Waals surface area contributed by atoms with Crippen LogP contribution < -0.4 is 5.32 Å². The van der Waals surface area contributed by atoms with Crippen molar-refractivity contribution in [3.05, 3.63) is 21.9 Å². The Bertz CT molecular complexity index is 430. The van der Waals surface area contributed by atoms with E-state index in [0.717, 1.165) is 19.6 Å². The van der Waals surface area contributed by atoms with Gasteiger partial charge in [-0.05, 0) is 35.3 Å². The highest BCUT2D eigenvalue weighted by Crippen LogP contribution is 2.28. The number of nitrogens with one attached hydrogen (secondary N) is 1. The van der Waals surface area contributed by atoms with Crippen LogP contribution in [0, 0.1) is 18.3 Å². The highest BCUT2D eigenvalue weighted by atomic mass is 32.1. The maximum absolute atomic E-state index is 3.78. The van der Waals surface area contributed by atoms with Gasteiger partial charge in [0.15, 0.2) is 0 Å². The molecule has 1 aromatic heterocycles. The molecule has 0 aromatic carbocycles. The first-order valence-corrected chi connectivity index (χ1v) is 8.67. The molecular weight excluding hydrogens is 264 g/mol. The topological polar surface area (TPSA) is 15.3 Å². The Labute approximate surface area is 128 Å². The molecule has 0 bridgehead atoms. The monoisotopic (exact) mass is 294 g/mol. The normalized spacial score (nSPS) is 25.4. The summed E-state index contributed by atoms with van der Waals surface area (Å²) < 4.78 is 0. The van der Waals surface area contributed by atoms with E-state index in [0.29, 0.717) is 23.4 Å². The second-order valence-corrected chi connectivity index (χ2v) is 8.60. The Balaban J connectivity index is 2.13. The third kappa shape index (κ3) is 3.63. The zero-order valence-corrected chi connectivity index (χ0v) is 14.7. The number of rotatable bonds is 3. The predicted molar refractivity (Wildman–Crippen MR) is 89.3 cm³/mol. The average molecular weight is 295 g/mol. The third-order valence-electron chi connectivity index (χ3n) is 4.59. The highest BCUT2D eigenvalue weighted by Gasteiger charge is 2.35. The van der Waals surface area contributed by atoms with E-state index in [2.05, 4.69) is 63.2 Å². The summed E-state index contributed by atoms with van der Waals surface area (Å²) in [5, 5.41) is 6.00. The van der Waals surface area contributed by atoms with Gasteiger partial charge in [0, 0.05) is 36.6 Å². The van der Waals surface area contributed by atoms with E-state index in [1.807, 2.05) is 11.3 Å². The van der Waals surface area contributed by atoms with E-state index in [1.54, 1.807) is 0 Å². The van der Waals surface area contributed by atoms with Crippen LogP contribution in [-0.4, -0.2) is 30.1 Å². The molecule has 1 aromatic rings. The summed E-state index contributed by atoms with van der Waals surface area (Å²) in [6.45, 7) is 17.3. The van der Waals surface area contributed by atoms with Gasteiger partial charge in [-0.25, -0.2) is 0 Å². The predicted octanol–water partition coefficient (Wildman–Crippen LogP) is 3.90. The minimum atomic E-state index is 0.324. The smallest absolute Gasteiger partial charge is 0.0334 e. The molecule has 0 amide bonds. The summed E-state index contributed by atoms with van der Waals surface area (Å²) in [6, 6.07) is 3.47. The minimum absolute atomic E-state index is 0.324. The first-order chi connectivity index (χ1) is 9.29. The Morgan fingerprint density at radius 2 is 2.10 bits per heavy atom. The van der Waals surface area contributed by atoms with Crippen molar-refractivity contribution >= 4 is 11.3 Å². The number of nitrogens with zero attached hydrogens (tertiary/aromatic N) is 1. The molecule has 1 aliphatic rings. The van der Waals surface area contributed by atoms with Gasteiger partial charge < -0.3 is 5.32 Å². The molecule has 0 spiro atoms. The molecule has 20 heavy (non-hydrogen) atoms. The largest absolute Gasteiger partial charge is 0.311 e. The molecule has 1 N–H and O–H groups in total. The quantitative estimate of drug-likeness (QED) is 0.909. The van der Waals surface area contributed by atoms with Crippen LogP contribution >= 0.6 is 11.3 Å². The second kappa shape index (κ2) is 6.17. The summed E-state index contributed by atoms with van der Waals surface area (Å²) in [6.07, 6.45) is 0. The number of aryl methyl sites for hydroxylation is 1. The number of thiophene rings is 1. The summed E-state index contributed by atoms with van der Waals surface area (Å²) in [7, 11) is 0. The van der Waals surface area contributed by atoms with Crippen molar-refractivity contribution in [3.63, 3.8) is 0 Å². The summed E-state index contributed by atoms with van der Waals surface area (Å²) in [4.78, 5) is 4.24. The molecule has 2 unspecified atom stereocenters. The summed E-state index contributed by atoms with van der Waals surface area (Å²) in [5.74, 6) is 0.698. The summed E-state index contributed by atoms with van der Waals surface area (Å²) >= 11 is 1.90. The van der Waals surface area contributed by atoms with Gasteiger partial charge in [0.1, 0.15) is 0 Å². The average Bonchev–Trinajstić information content (AvgIpc) is 2.73. The standard InChI is InChI=1S/C17H30N2S/c1-12(2)14-9-18-16(17(4,5)6)11-19(14)10-15-13(3)7-8-20-15/h7-8,12,14,16,18H,9-11H2,1-6H3. The maximum atomic E-state index is 3.78. The molecule has 0 aliphatic carbocycles. The molecule has 3 heteroatoms. The van der Waals surface area contributed by atoms with E-state index in [1.165, 1.54) is 10.4 Å². The van der Waals surface area contributed by atoms with E-state index < -0.39 is 0 Å². The molecule has 2 heterocycles. The van der Waals surface area contributed by atoms with Gasteiger partial charge in [-0.15, -0.1) is 11.3 Å². The molecule has 2 atom stereocenters. The number of piperazine rings is 1. The van der Waals surface area contributed by atoms with Crippen LogP contribution in [0.3, 0.4) is 0 Å². The molecule has 1 aliphatic heterocycles. The van der Waals surface area contributed by atoms with E-state index >= 15 is 0 Å². The molecule has 1 fully saturated rings. The van der Waals surface area contributed by atoms with Crippen LogP contribution in [0.2, 0.25) is 0 Å². The van der Waals surface area contributed by atoms with Gasteiger partial charge in [-0.1, -0.05) is 34.6 Å². The Kier molecular flexibility index (Phi) is 4.93. The van der Waals surface area contributed by atoms with Crippen molar-refractivity contribution in [3.8, 4) is 0 Å². The van der Waals surface area contributed by atoms with Crippen molar-refractivity contribution in [2.75, 3.05) is 13.1 Å². The zero-order valence-electron chi connectivity index (χ0n) is 13.9. The van der Waals surface area contributed by atoms with E-state index in [9.17, 15) is 0 Å². The van der Waals surface area contributed by atoms with Gasteiger partial charge in [0.05, 0.1) is 0 Å². The fourth-order valence-electron chi connectivity index (χ4n) is 3.00. The highest BCUT2D eigenvalue weighted by molar-refractivity contribution is 7.10. The zero-order chi connectivity index (χ0) is 14.9. The third-order valence-corrected chi connectivity index (χ3v) is 5.60. The molecule has 114 valence electrons. The fourth-order valence-corrected chi connectivity index (χ4v) is 3.93. The van der Waals surface area contributed by atoms with Crippen LogP contribution in [-0.2, 0) is 6.54 Å². The number of hydrogen-bond donors (Lipinski definition) is 1. The minimum Gasteiger partial charge on any atom is -0.311 e. The van der Waals surface area contributed by atoms with Crippen molar-refractivity contribution in [2.45, 2.75) is 60.2 Å². The molecule has 1 saturated heterocycles. The molecular formula is C17H30N2S. The Morgan fingerprint density at radius 3 is 2.60 bits per heavy atom. The van der Waals surface area contributed by atoms with Gasteiger partial charge in [-0.3, -0.25) is 4.90 Å². The summed E-state index contributed by atoms with van der Waals surface area (Å²) in [5.41, 5.74) is 1.77. The van der Waals surface area contributed by atoms with E-state index in [4.69, 9.17) is 0 Å². The molecule has 2 nitrogen and oxygen atoms in total. The fraction of sp³-hybridized carbons (Fsp3) is 0.765. The molecule has 0 saturated carbocycles. The van der Waals surface area contributed by atoms with Crippen molar-refractivity contribution in [1.29, 1.82) is 0 Å². The van der Waals surface area contributed by atoms with Gasteiger partial charge >= 0.3 is 0 Å². The first-order valence-electron chi connectivity index (χ1n) is 7.79. The molecule has 0 radical (unpaired) electrons. The lowest BCUT2D eigenvalue weighted by atomic mass is 9.83. The lowest BCUT2D eigenvalue weighted by Gasteiger charge is -2.46. The van der Waals surface area contributed by atoms with Crippen LogP contribution in [0.1, 0.15) is 45.1 Å². The van der Waals surface area contributed by atoms with Crippen molar-refractivity contribution in [1.82, 2.24) is 10.2 Å². The van der Waals surface area contributed by atoms with E-state index in [-0.39, 0.29) is 0 Å². The number of hydrogen-bond acceptors (Lipinski definition) is 3. The van der Waals surface area contributed by atoms with Crippen LogP contribution in [0.15, 0.2) is 11.4 Å². The van der Waals surface area contributed by atoms with Crippen molar-refractivity contribution in [2.24, 2.45) is 11.3 Å². The Hall–Kier alpha value is -0.380. The lowest BCUT2D eigenvalue weighted by molar-refractivity contribution is 0.0579. The maximum Gasteiger partial charge on any atom is 0.0334 e. The van der Waals surface area contributed by atoms with Gasteiger partial charge in [0.2, 0.25) is 0 Å². The van der Waals surface area contributed by atoms with Crippen LogP contribution in [0.4, 0.5) is 0 Å². The van der Waals surface area contributed by atoms with Gasteiger partial charge in [0.25, 0.3) is 0 Å². The van der Waals surface area contributed by atoms with Crippen LogP contribution in [0.5, 0.6) is 0 Å². The molecule has 2 rings (SSSR count). The lowest BCUT2D eigenvalue weighted by Crippen LogP contribution is -2.61. The van der Waals surface area contributed by atoms with Crippen LogP contribution in [0.25, 0.3) is 0 Å². The Morgan fingerprint density at radius 1 is 1.40 bits per heavy atom. The first kappa shape index (κ1) is 16.0. The van der Waals surface area contributed by atoms with Gasteiger partial charge in [-0.2, -0.15) is 0 Å². The van der Waals surface area contributed by atoms with Crippen molar-refractivity contribution < 1.29 is 0 Å². The SMILES string of the molecule is Cc1ccsc1CN1CC(C(C)(C)C)NCC1C(C)C.